The Balaban J connectivity index is 1.39. The first kappa shape index (κ1) is 25.2. The topological polar surface area (TPSA) is 34.6 Å². The third-order valence-electron chi connectivity index (χ3n) is 8.16. The van der Waals surface area contributed by atoms with Crippen LogP contribution < -0.4 is 4.74 Å². The fourth-order valence-electron chi connectivity index (χ4n) is 5.97. The highest BCUT2D eigenvalue weighted by molar-refractivity contribution is 5.60. The summed E-state index contributed by atoms with van der Waals surface area (Å²) in [7, 11) is 0. The lowest BCUT2D eigenvalue weighted by Crippen LogP contribution is -2.36. The standard InChI is InChI=1S/C30H42FNO2/c1-4-6-8-12-26-28(34-26)21-33-27-18-17-25(32-29(27)31)23-13-15-24(16-14-23)30(22(3)11-5-2)19-9-7-10-20-30/h13-18,22,26,28H,4-12,19-21H2,1-3H3/t22?,26-,28-/m0/s1. The van der Waals surface area contributed by atoms with E-state index in [1.165, 1.54) is 69.8 Å². The van der Waals surface area contributed by atoms with Crippen LogP contribution in [0.5, 0.6) is 5.75 Å². The molecule has 1 saturated heterocycles. The van der Waals surface area contributed by atoms with Crippen molar-refractivity contribution in [2.45, 2.75) is 109 Å². The third-order valence-corrected chi connectivity index (χ3v) is 8.16. The van der Waals surface area contributed by atoms with E-state index >= 15 is 0 Å². The highest BCUT2D eigenvalue weighted by Crippen LogP contribution is 2.47. The van der Waals surface area contributed by atoms with Gasteiger partial charge >= 0.3 is 0 Å². The van der Waals surface area contributed by atoms with Gasteiger partial charge < -0.3 is 9.47 Å². The van der Waals surface area contributed by atoms with Crippen molar-refractivity contribution >= 4 is 0 Å². The Morgan fingerprint density at radius 3 is 2.44 bits per heavy atom. The van der Waals surface area contributed by atoms with Gasteiger partial charge in [0.1, 0.15) is 12.7 Å². The van der Waals surface area contributed by atoms with Crippen molar-refractivity contribution < 1.29 is 13.9 Å². The maximum absolute atomic E-state index is 14.7. The van der Waals surface area contributed by atoms with E-state index in [0.717, 1.165) is 12.0 Å². The van der Waals surface area contributed by atoms with Crippen LogP contribution in [0.2, 0.25) is 0 Å². The van der Waals surface area contributed by atoms with Gasteiger partial charge in [0.25, 0.3) is 5.95 Å². The van der Waals surface area contributed by atoms with Crippen LogP contribution in [-0.4, -0.2) is 23.8 Å². The maximum Gasteiger partial charge on any atom is 0.255 e. The number of hydrogen-bond donors (Lipinski definition) is 0. The quantitative estimate of drug-likeness (QED) is 0.179. The molecular formula is C30H42FNO2. The zero-order valence-corrected chi connectivity index (χ0v) is 21.3. The van der Waals surface area contributed by atoms with Crippen molar-refractivity contribution in [3.63, 3.8) is 0 Å². The molecule has 4 rings (SSSR count). The second-order valence-corrected chi connectivity index (χ2v) is 10.5. The first-order chi connectivity index (χ1) is 16.6. The Hall–Kier alpha value is -1.94. The highest BCUT2D eigenvalue weighted by Gasteiger charge is 2.39. The zero-order valence-electron chi connectivity index (χ0n) is 21.3. The number of unbranched alkanes of at least 4 members (excludes halogenated alkanes) is 2. The number of aromatic nitrogens is 1. The summed E-state index contributed by atoms with van der Waals surface area (Å²) in [4.78, 5) is 4.21. The zero-order chi connectivity index (χ0) is 24.0. The Morgan fingerprint density at radius 2 is 1.76 bits per heavy atom. The molecule has 4 heteroatoms. The van der Waals surface area contributed by atoms with E-state index in [1.54, 1.807) is 6.07 Å². The average Bonchev–Trinajstić information content (AvgIpc) is 3.62. The molecule has 1 aliphatic carbocycles. The lowest BCUT2D eigenvalue weighted by Gasteiger charge is -2.43. The van der Waals surface area contributed by atoms with E-state index in [4.69, 9.17) is 9.47 Å². The molecular weight excluding hydrogens is 425 g/mol. The van der Waals surface area contributed by atoms with Crippen molar-refractivity contribution in [2.24, 2.45) is 5.92 Å². The molecule has 1 saturated carbocycles. The van der Waals surface area contributed by atoms with Gasteiger partial charge in [-0.05, 0) is 48.3 Å². The smallest absolute Gasteiger partial charge is 0.255 e. The summed E-state index contributed by atoms with van der Waals surface area (Å²) in [6.07, 6.45) is 14.1. The first-order valence-corrected chi connectivity index (χ1v) is 13.6. The predicted molar refractivity (Wildman–Crippen MR) is 137 cm³/mol. The molecule has 1 aromatic carbocycles. The van der Waals surface area contributed by atoms with Gasteiger partial charge in [0, 0.05) is 5.56 Å². The van der Waals surface area contributed by atoms with Crippen LogP contribution in [0.1, 0.15) is 97.0 Å². The molecule has 2 aliphatic rings. The van der Waals surface area contributed by atoms with Gasteiger partial charge in [-0.1, -0.05) is 96.4 Å². The van der Waals surface area contributed by atoms with Crippen molar-refractivity contribution in [2.75, 3.05) is 6.61 Å². The number of ether oxygens (including phenoxy) is 2. The number of hydrogen-bond acceptors (Lipinski definition) is 3. The summed E-state index contributed by atoms with van der Waals surface area (Å²) in [6.45, 7) is 7.30. The van der Waals surface area contributed by atoms with E-state index in [1.807, 2.05) is 6.07 Å². The van der Waals surface area contributed by atoms with E-state index in [2.05, 4.69) is 50.0 Å². The van der Waals surface area contributed by atoms with Crippen LogP contribution in [0, 0.1) is 11.9 Å². The summed E-state index contributed by atoms with van der Waals surface area (Å²) < 4.78 is 26.0. The molecule has 3 nitrogen and oxygen atoms in total. The van der Waals surface area contributed by atoms with Crippen LogP contribution in [0.4, 0.5) is 4.39 Å². The Labute approximate surface area is 205 Å². The Kier molecular flexibility index (Phi) is 8.63. The van der Waals surface area contributed by atoms with Gasteiger partial charge in [-0.3, -0.25) is 0 Å². The van der Waals surface area contributed by atoms with Crippen LogP contribution in [0.3, 0.4) is 0 Å². The molecule has 1 unspecified atom stereocenters. The molecule has 186 valence electrons. The van der Waals surface area contributed by atoms with Crippen LogP contribution >= 0.6 is 0 Å². The summed E-state index contributed by atoms with van der Waals surface area (Å²) in [6, 6.07) is 12.3. The second kappa shape index (κ2) is 11.7. The number of benzene rings is 1. The second-order valence-electron chi connectivity index (χ2n) is 10.5. The van der Waals surface area contributed by atoms with Gasteiger partial charge in [0.05, 0.1) is 11.8 Å². The monoisotopic (exact) mass is 467 g/mol. The van der Waals surface area contributed by atoms with Crippen LogP contribution in [0.25, 0.3) is 11.3 Å². The molecule has 0 bridgehead atoms. The fourth-order valence-corrected chi connectivity index (χ4v) is 5.97. The Morgan fingerprint density at radius 1 is 1.00 bits per heavy atom. The molecule has 1 aromatic heterocycles. The van der Waals surface area contributed by atoms with Crippen molar-refractivity contribution in [3.8, 4) is 17.0 Å². The predicted octanol–water partition coefficient (Wildman–Crippen LogP) is 8.25. The lowest BCUT2D eigenvalue weighted by atomic mass is 9.61. The van der Waals surface area contributed by atoms with Crippen molar-refractivity contribution in [1.29, 1.82) is 0 Å². The molecule has 0 spiro atoms. The Bertz CT molecular complexity index is 907. The maximum atomic E-state index is 14.7. The highest BCUT2D eigenvalue weighted by atomic mass is 19.1. The molecule has 0 N–H and O–H groups in total. The van der Waals surface area contributed by atoms with E-state index in [9.17, 15) is 4.39 Å². The number of rotatable bonds is 12. The average molecular weight is 468 g/mol. The van der Waals surface area contributed by atoms with Gasteiger partial charge in [-0.2, -0.15) is 4.39 Å². The number of epoxide rings is 1. The summed E-state index contributed by atoms with van der Waals surface area (Å²) in [5.41, 5.74) is 3.32. The first-order valence-electron chi connectivity index (χ1n) is 13.6. The molecule has 2 aromatic rings. The summed E-state index contributed by atoms with van der Waals surface area (Å²) in [5, 5.41) is 0. The minimum absolute atomic E-state index is 0.0886. The number of nitrogens with zero attached hydrogens (tertiary/aromatic N) is 1. The van der Waals surface area contributed by atoms with E-state index < -0.39 is 5.95 Å². The van der Waals surface area contributed by atoms with Crippen molar-refractivity contribution in [3.05, 3.63) is 47.9 Å². The van der Waals surface area contributed by atoms with Crippen LogP contribution in [0.15, 0.2) is 36.4 Å². The van der Waals surface area contributed by atoms with Gasteiger partial charge in [0.15, 0.2) is 5.75 Å². The fraction of sp³-hybridized carbons (Fsp3) is 0.633. The van der Waals surface area contributed by atoms with Gasteiger partial charge in [-0.25, -0.2) is 4.98 Å². The molecule has 2 heterocycles. The van der Waals surface area contributed by atoms with E-state index in [0.29, 0.717) is 18.2 Å². The molecule has 0 radical (unpaired) electrons. The number of halogens is 1. The molecule has 34 heavy (non-hydrogen) atoms. The van der Waals surface area contributed by atoms with E-state index in [-0.39, 0.29) is 23.4 Å². The minimum Gasteiger partial charge on any atom is -0.486 e. The minimum atomic E-state index is -0.551. The summed E-state index contributed by atoms with van der Waals surface area (Å²) in [5.74, 6) is 0.333. The number of pyridine rings is 1. The SMILES string of the molecule is CCCCC[C@@H]1O[C@H]1COc1ccc(-c2ccc(C3(C(C)CCC)CCCCC3)cc2)nc1F. The van der Waals surface area contributed by atoms with Gasteiger partial charge in [0.2, 0.25) is 0 Å². The van der Waals surface area contributed by atoms with Crippen LogP contribution in [-0.2, 0) is 10.2 Å². The third kappa shape index (κ3) is 5.82. The van der Waals surface area contributed by atoms with Gasteiger partial charge in [-0.15, -0.1) is 0 Å². The molecule has 3 atom stereocenters. The molecule has 0 amide bonds. The molecule has 1 aliphatic heterocycles. The lowest BCUT2D eigenvalue weighted by molar-refractivity contribution is 0.192. The summed E-state index contributed by atoms with van der Waals surface area (Å²) >= 11 is 0. The largest absolute Gasteiger partial charge is 0.486 e. The normalized spacial score (nSPS) is 22.4. The molecule has 2 fully saturated rings. The van der Waals surface area contributed by atoms with Crippen molar-refractivity contribution in [1.82, 2.24) is 4.98 Å².